The molecule has 19 heavy (non-hydrogen) atoms. The van der Waals surface area contributed by atoms with E-state index in [0.717, 1.165) is 0 Å². The van der Waals surface area contributed by atoms with Gasteiger partial charge in [-0.05, 0) is 0 Å². The maximum atomic E-state index is 12.9. The third-order valence-electron chi connectivity index (χ3n) is 1.90. The second kappa shape index (κ2) is 4.59. The van der Waals surface area contributed by atoms with Crippen LogP contribution < -0.4 is 0 Å². The minimum atomic E-state index is -5.81. The van der Waals surface area contributed by atoms with Gasteiger partial charge in [0.15, 0.2) is 23.3 Å². The normalized spacial score (nSPS) is 11.6. The molecule has 0 saturated carbocycles. The number of Topliss-reactive ketones (excluding diaryl/α,β-unsaturated/α-hetero) is 2. The third-order valence-corrected chi connectivity index (χ3v) is 1.90. The fraction of sp³-hybridized carbons (Fsp3) is 0.111. The van der Waals surface area contributed by atoms with Gasteiger partial charge in [-0.1, -0.05) is 0 Å². The molecule has 0 radical (unpaired) electrons. The first-order valence-corrected chi connectivity index (χ1v) is 4.17. The summed E-state index contributed by atoms with van der Waals surface area (Å²) >= 11 is 0. The van der Waals surface area contributed by atoms with E-state index < -0.39 is 52.4 Å². The summed E-state index contributed by atoms with van der Waals surface area (Å²) in [4.78, 5) is 21.3. The first-order chi connectivity index (χ1) is 8.50. The second-order valence-corrected chi connectivity index (χ2v) is 3.10. The predicted molar refractivity (Wildman–Crippen MR) is 41.6 cm³/mol. The summed E-state index contributed by atoms with van der Waals surface area (Å²) in [5.41, 5.74) is -2.45. The van der Waals surface area contributed by atoms with E-state index in [1.54, 1.807) is 0 Å². The van der Waals surface area contributed by atoms with Crippen LogP contribution in [-0.4, -0.2) is 17.7 Å². The zero-order chi connectivity index (χ0) is 15.1. The summed E-state index contributed by atoms with van der Waals surface area (Å²) in [7, 11) is 0. The standard InChI is InChI=1S/C9F8O2/c10-2-1(7(18)8(19)9(15,16)17)3(11)5(13)6(14)4(2)12. The van der Waals surface area contributed by atoms with E-state index in [1.807, 2.05) is 0 Å². The molecule has 0 bridgehead atoms. The fourth-order valence-electron chi connectivity index (χ4n) is 1.05. The Hall–Kier alpha value is -2.00. The van der Waals surface area contributed by atoms with Crippen molar-refractivity contribution >= 4 is 11.6 Å². The number of rotatable bonds is 2. The molecule has 0 atom stereocenters. The smallest absolute Gasteiger partial charge is 0.285 e. The van der Waals surface area contributed by atoms with Gasteiger partial charge in [-0.2, -0.15) is 13.2 Å². The number of hydrogen-bond acceptors (Lipinski definition) is 2. The number of hydrogen-bond donors (Lipinski definition) is 0. The van der Waals surface area contributed by atoms with Gasteiger partial charge in [-0.25, -0.2) is 22.0 Å². The molecule has 104 valence electrons. The molecule has 0 aromatic heterocycles. The molecule has 0 spiro atoms. The lowest BCUT2D eigenvalue weighted by atomic mass is 10.0. The molecule has 0 fully saturated rings. The third kappa shape index (κ3) is 2.42. The maximum absolute atomic E-state index is 12.9. The summed E-state index contributed by atoms with van der Waals surface area (Å²) < 4.78 is 99.2. The van der Waals surface area contributed by atoms with Crippen LogP contribution in [0.5, 0.6) is 0 Å². The molecule has 0 unspecified atom stereocenters. The van der Waals surface area contributed by atoms with Crippen LogP contribution >= 0.6 is 0 Å². The van der Waals surface area contributed by atoms with Crippen molar-refractivity contribution in [3.63, 3.8) is 0 Å². The Kier molecular flexibility index (Phi) is 3.64. The molecule has 0 saturated heterocycles. The van der Waals surface area contributed by atoms with Crippen LogP contribution in [0.4, 0.5) is 35.1 Å². The Morgan fingerprint density at radius 1 is 0.684 bits per heavy atom. The van der Waals surface area contributed by atoms with E-state index >= 15 is 0 Å². The van der Waals surface area contributed by atoms with Crippen LogP contribution in [0.15, 0.2) is 0 Å². The molecule has 0 aliphatic rings. The summed E-state index contributed by atoms with van der Waals surface area (Å²) in [6.45, 7) is 0. The highest BCUT2D eigenvalue weighted by Gasteiger charge is 2.46. The Bertz CT molecular complexity index is 546. The predicted octanol–water partition coefficient (Wildman–Crippen LogP) is 2.70. The largest absolute Gasteiger partial charge is 0.458 e. The lowest BCUT2D eigenvalue weighted by Gasteiger charge is -2.08. The number of alkyl halides is 3. The highest BCUT2D eigenvalue weighted by atomic mass is 19.4. The Labute approximate surface area is 98.2 Å². The minimum Gasteiger partial charge on any atom is -0.285 e. The summed E-state index contributed by atoms with van der Waals surface area (Å²) in [6, 6.07) is 0. The van der Waals surface area contributed by atoms with Crippen molar-refractivity contribution in [2.45, 2.75) is 6.18 Å². The minimum absolute atomic E-state index is 2.45. The van der Waals surface area contributed by atoms with E-state index in [4.69, 9.17) is 0 Å². The van der Waals surface area contributed by atoms with Gasteiger partial charge in [0.05, 0.1) is 0 Å². The molecule has 1 rings (SSSR count). The van der Waals surface area contributed by atoms with Crippen LogP contribution in [-0.2, 0) is 4.79 Å². The topological polar surface area (TPSA) is 34.1 Å². The van der Waals surface area contributed by atoms with E-state index in [9.17, 15) is 44.7 Å². The molecule has 1 aromatic rings. The molecular formula is C9F8O2. The van der Waals surface area contributed by atoms with E-state index in [2.05, 4.69) is 0 Å². The number of halogens is 8. The first-order valence-electron chi connectivity index (χ1n) is 4.17. The number of benzene rings is 1. The van der Waals surface area contributed by atoms with Crippen molar-refractivity contribution in [3.05, 3.63) is 34.6 Å². The maximum Gasteiger partial charge on any atom is 0.458 e. The molecule has 2 nitrogen and oxygen atoms in total. The second-order valence-electron chi connectivity index (χ2n) is 3.10. The van der Waals surface area contributed by atoms with Crippen molar-refractivity contribution in [1.82, 2.24) is 0 Å². The van der Waals surface area contributed by atoms with Crippen molar-refractivity contribution in [2.75, 3.05) is 0 Å². The van der Waals surface area contributed by atoms with Gasteiger partial charge >= 0.3 is 12.0 Å². The SMILES string of the molecule is O=C(C(=O)C(F)(F)F)c1c(F)c(F)c(F)c(F)c1F. The van der Waals surface area contributed by atoms with Gasteiger partial charge in [0.1, 0.15) is 5.56 Å². The van der Waals surface area contributed by atoms with Gasteiger partial charge in [-0.15, -0.1) is 0 Å². The van der Waals surface area contributed by atoms with E-state index in [0.29, 0.717) is 0 Å². The van der Waals surface area contributed by atoms with Crippen LogP contribution in [0.2, 0.25) is 0 Å². The van der Waals surface area contributed by atoms with Gasteiger partial charge in [0.25, 0.3) is 0 Å². The average Bonchev–Trinajstić information content (AvgIpc) is 2.31. The fourth-order valence-corrected chi connectivity index (χ4v) is 1.05. The molecule has 0 heterocycles. The van der Waals surface area contributed by atoms with Crippen LogP contribution in [0.25, 0.3) is 0 Å². The molecule has 0 amide bonds. The molecule has 0 aliphatic heterocycles. The zero-order valence-corrected chi connectivity index (χ0v) is 8.34. The Balaban J connectivity index is 3.54. The molecule has 10 heteroatoms. The summed E-state index contributed by atoms with van der Waals surface area (Å²) in [5.74, 6) is -19.7. The lowest BCUT2D eigenvalue weighted by molar-refractivity contribution is -0.165. The summed E-state index contributed by atoms with van der Waals surface area (Å²) in [6.07, 6.45) is -5.81. The molecule has 0 N–H and O–H groups in total. The number of carbonyl (C=O) groups excluding carboxylic acids is 2. The quantitative estimate of drug-likeness (QED) is 0.276. The van der Waals surface area contributed by atoms with Gasteiger partial charge < -0.3 is 0 Å². The van der Waals surface area contributed by atoms with Crippen LogP contribution in [0, 0.1) is 29.1 Å². The van der Waals surface area contributed by atoms with Gasteiger partial charge in [-0.3, -0.25) is 9.59 Å². The zero-order valence-electron chi connectivity index (χ0n) is 8.34. The van der Waals surface area contributed by atoms with Crippen LogP contribution in [0.3, 0.4) is 0 Å². The van der Waals surface area contributed by atoms with E-state index in [1.165, 1.54) is 0 Å². The van der Waals surface area contributed by atoms with Crippen molar-refractivity contribution in [2.24, 2.45) is 0 Å². The highest BCUT2D eigenvalue weighted by Crippen LogP contribution is 2.26. The molecular weight excluding hydrogens is 292 g/mol. The highest BCUT2D eigenvalue weighted by molar-refractivity contribution is 6.45. The van der Waals surface area contributed by atoms with Crippen molar-refractivity contribution in [1.29, 1.82) is 0 Å². The number of ketones is 2. The van der Waals surface area contributed by atoms with Crippen molar-refractivity contribution < 1.29 is 44.7 Å². The van der Waals surface area contributed by atoms with Gasteiger partial charge in [0, 0.05) is 0 Å². The Morgan fingerprint density at radius 3 is 1.32 bits per heavy atom. The Morgan fingerprint density at radius 2 is 1.00 bits per heavy atom. The van der Waals surface area contributed by atoms with Gasteiger partial charge in [0.2, 0.25) is 11.6 Å². The first kappa shape index (κ1) is 15.1. The van der Waals surface area contributed by atoms with E-state index in [-0.39, 0.29) is 0 Å². The van der Waals surface area contributed by atoms with Crippen molar-refractivity contribution in [3.8, 4) is 0 Å². The molecule has 1 aromatic carbocycles. The van der Waals surface area contributed by atoms with Crippen LogP contribution in [0.1, 0.15) is 10.4 Å². The summed E-state index contributed by atoms with van der Waals surface area (Å²) in [5, 5.41) is 0. The lowest BCUT2D eigenvalue weighted by Crippen LogP contribution is -2.32. The average molecular weight is 292 g/mol. The molecule has 0 aliphatic carbocycles. The monoisotopic (exact) mass is 292 g/mol. The number of carbonyl (C=O) groups is 2.